The molecule has 0 radical (unpaired) electrons. The average molecular weight is 380 g/mol. The SMILES string of the molecule is Cc1ccc2nc(C)cc(C(=O)OC(C)C(=O)Nc3c(C)nn(C)c3C)c2c1. The van der Waals surface area contributed by atoms with Crippen LogP contribution in [0.3, 0.4) is 0 Å². The lowest BCUT2D eigenvalue weighted by Crippen LogP contribution is -2.30. The van der Waals surface area contributed by atoms with Gasteiger partial charge in [0, 0.05) is 18.1 Å². The molecule has 2 aromatic heterocycles. The van der Waals surface area contributed by atoms with E-state index in [2.05, 4.69) is 15.4 Å². The monoisotopic (exact) mass is 380 g/mol. The molecule has 28 heavy (non-hydrogen) atoms. The van der Waals surface area contributed by atoms with Crippen molar-refractivity contribution >= 4 is 28.5 Å². The molecule has 0 aliphatic heterocycles. The molecule has 1 N–H and O–H groups in total. The van der Waals surface area contributed by atoms with E-state index in [1.165, 1.54) is 0 Å². The molecule has 1 amide bonds. The summed E-state index contributed by atoms with van der Waals surface area (Å²) >= 11 is 0. The smallest absolute Gasteiger partial charge is 0.339 e. The Morgan fingerprint density at radius 2 is 1.86 bits per heavy atom. The van der Waals surface area contributed by atoms with Crippen molar-refractivity contribution in [2.45, 2.75) is 40.7 Å². The number of aryl methyl sites for hydroxylation is 4. The highest BCUT2D eigenvalue weighted by Crippen LogP contribution is 2.22. The van der Waals surface area contributed by atoms with Gasteiger partial charge in [0.15, 0.2) is 6.10 Å². The molecule has 0 spiro atoms. The van der Waals surface area contributed by atoms with Crippen molar-refractivity contribution in [1.29, 1.82) is 0 Å². The van der Waals surface area contributed by atoms with Gasteiger partial charge in [-0.3, -0.25) is 14.5 Å². The predicted octanol–water partition coefficient (Wildman–Crippen LogP) is 3.39. The maximum absolute atomic E-state index is 12.8. The first-order chi connectivity index (χ1) is 13.2. The second-order valence-electron chi connectivity index (χ2n) is 7.04. The molecular weight excluding hydrogens is 356 g/mol. The largest absolute Gasteiger partial charge is 0.449 e. The Hall–Kier alpha value is -3.22. The first-order valence-corrected chi connectivity index (χ1v) is 9.07. The molecule has 3 aromatic rings. The fourth-order valence-corrected chi connectivity index (χ4v) is 3.10. The Morgan fingerprint density at radius 3 is 2.50 bits per heavy atom. The molecule has 0 fully saturated rings. The van der Waals surface area contributed by atoms with Crippen molar-refractivity contribution in [1.82, 2.24) is 14.8 Å². The van der Waals surface area contributed by atoms with Crippen LogP contribution in [0.2, 0.25) is 0 Å². The maximum Gasteiger partial charge on any atom is 0.339 e. The number of rotatable bonds is 4. The number of fused-ring (bicyclic) bond motifs is 1. The number of ether oxygens (including phenoxy) is 1. The molecule has 0 aliphatic rings. The molecule has 0 saturated carbocycles. The minimum atomic E-state index is -0.958. The van der Waals surface area contributed by atoms with E-state index in [4.69, 9.17) is 4.74 Å². The fourth-order valence-electron chi connectivity index (χ4n) is 3.10. The molecule has 0 aliphatic carbocycles. The highest BCUT2D eigenvalue weighted by Gasteiger charge is 2.23. The third kappa shape index (κ3) is 3.74. The van der Waals surface area contributed by atoms with Gasteiger partial charge in [0.1, 0.15) is 0 Å². The fraction of sp³-hybridized carbons (Fsp3) is 0.333. The van der Waals surface area contributed by atoms with Crippen molar-refractivity contribution in [2.24, 2.45) is 7.05 Å². The van der Waals surface area contributed by atoms with E-state index < -0.39 is 18.0 Å². The van der Waals surface area contributed by atoms with Crippen LogP contribution in [0.1, 0.15) is 39.9 Å². The number of esters is 1. The lowest BCUT2D eigenvalue weighted by Gasteiger charge is -2.15. The van der Waals surface area contributed by atoms with Gasteiger partial charge >= 0.3 is 5.97 Å². The molecule has 1 aromatic carbocycles. The van der Waals surface area contributed by atoms with E-state index in [-0.39, 0.29) is 0 Å². The summed E-state index contributed by atoms with van der Waals surface area (Å²) in [6, 6.07) is 7.40. The Bertz CT molecular complexity index is 1080. The number of nitrogens with zero attached hydrogens (tertiary/aromatic N) is 3. The number of benzene rings is 1. The van der Waals surface area contributed by atoms with Crippen molar-refractivity contribution < 1.29 is 14.3 Å². The number of amides is 1. The number of nitrogens with one attached hydrogen (secondary N) is 1. The normalized spacial score (nSPS) is 12.1. The summed E-state index contributed by atoms with van der Waals surface area (Å²) in [6.07, 6.45) is -0.958. The van der Waals surface area contributed by atoms with E-state index >= 15 is 0 Å². The number of pyridine rings is 1. The third-order valence-electron chi connectivity index (χ3n) is 4.72. The number of carbonyl (C=O) groups is 2. The Labute approximate surface area is 163 Å². The lowest BCUT2D eigenvalue weighted by molar-refractivity contribution is -0.123. The van der Waals surface area contributed by atoms with Crippen LogP contribution in [0, 0.1) is 27.7 Å². The summed E-state index contributed by atoms with van der Waals surface area (Å²) in [4.78, 5) is 29.8. The number of hydrogen-bond acceptors (Lipinski definition) is 5. The van der Waals surface area contributed by atoms with Crippen LogP contribution in [0.15, 0.2) is 24.3 Å². The van der Waals surface area contributed by atoms with Gasteiger partial charge in [-0.2, -0.15) is 5.10 Å². The average Bonchev–Trinajstić information content (AvgIpc) is 2.87. The first-order valence-electron chi connectivity index (χ1n) is 9.07. The first kappa shape index (κ1) is 19.5. The maximum atomic E-state index is 12.8. The van der Waals surface area contributed by atoms with E-state index in [0.29, 0.717) is 28.0 Å². The second kappa shape index (κ2) is 7.42. The van der Waals surface area contributed by atoms with Crippen LogP contribution in [-0.4, -0.2) is 32.7 Å². The molecule has 1 atom stereocenters. The molecule has 3 rings (SSSR count). The summed E-state index contributed by atoms with van der Waals surface area (Å²) in [7, 11) is 1.81. The van der Waals surface area contributed by atoms with Crippen LogP contribution in [0.25, 0.3) is 10.9 Å². The molecular formula is C21H24N4O3. The molecule has 0 saturated heterocycles. The highest BCUT2D eigenvalue weighted by molar-refractivity contribution is 6.05. The minimum absolute atomic E-state index is 0.402. The molecule has 1 unspecified atom stereocenters. The quantitative estimate of drug-likeness (QED) is 0.701. The van der Waals surface area contributed by atoms with E-state index in [1.807, 2.05) is 45.9 Å². The zero-order valence-electron chi connectivity index (χ0n) is 17.0. The minimum Gasteiger partial charge on any atom is -0.449 e. The molecule has 2 heterocycles. The third-order valence-corrected chi connectivity index (χ3v) is 4.72. The number of carbonyl (C=O) groups excluding carboxylic acids is 2. The van der Waals surface area contributed by atoms with Crippen LogP contribution in [0.4, 0.5) is 5.69 Å². The lowest BCUT2D eigenvalue weighted by atomic mass is 10.1. The summed E-state index contributed by atoms with van der Waals surface area (Å²) < 4.78 is 7.14. The molecule has 7 nitrogen and oxygen atoms in total. The van der Waals surface area contributed by atoms with Crippen molar-refractivity contribution in [3.05, 3.63) is 52.5 Å². The number of anilines is 1. The summed E-state index contributed by atoms with van der Waals surface area (Å²) in [5, 5.41) is 7.78. The zero-order chi connectivity index (χ0) is 20.6. The van der Waals surface area contributed by atoms with Crippen LogP contribution in [0.5, 0.6) is 0 Å². The van der Waals surface area contributed by atoms with Gasteiger partial charge in [-0.1, -0.05) is 11.6 Å². The van der Waals surface area contributed by atoms with Gasteiger partial charge < -0.3 is 10.1 Å². The van der Waals surface area contributed by atoms with Gasteiger partial charge in [-0.15, -0.1) is 0 Å². The van der Waals surface area contributed by atoms with Crippen LogP contribution < -0.4 is 5.32 Å². The molecule has 146 valence electrons. The van der Waals surface area contributed by atoms with E-state index in [9.17, 15) is 9.59 Å². The number of hydrogen-bond donors (Lipinski definition) is 1. The molecule has 7 heteroatoms. The standard InChI is InChI=1S/C21H24N4O3/c1-11-7-8-18-16(9-11)17(10-12(2)22-18)21(27)28-15(5)20(26)23-19-13(3)24-25(6)14(19)4/h7-10,15H,1-6H3,(H,23,26). The van der Waals surface area contributed by atoms with Gasteiger partial charge in [0.25, 0.3) is 5.91 Å². The highest BCUT2D eigenvalue weighted by atomic mass is 16.5. The van der Waals surface area contributed by atoms with E-state index in [0.717, 1.165) is 16.8 Å². The predicted molar refractivity (Wildman–Crippen MR) is 107 cm³/mol. The molecule has 0 bridgehead atoms. The zero-order valence-corrected chi connectivity index (χ0v) is 17.0. The summed E-state index contributed by atoms with van der Waals surface area (Å²) in [6.45, 7) is 8.99. The van der Waals surface area contributed by atoms with Gasteiger partial charge in [-0.05, 0) is 52.8 Å². The topological polar surface area (TPSA) is 86.1 Å². The van der Waals surface area contributed by atoms with Crippen molar-refractivity contribution in [3.63, 3.8) is 0 Å². The van der Waals surface area contributed by atoms with Crippen LogP contribution >= 0.6 is 0 Å². The van der Waals surface area contributed by atoms with Crippen molar-refractivity contribution in [2.75, 3.05) is 5.32 Å². The summed E-state index contributed by atoms with van der Waals surface area (Å²) in [5.74, 6) is -0.956. The Kier molecular flexibility index (Phi) is 5.18. The van der Waals surface area contributed by atoms with Crippen molar-refractivity contribution in [3.8, 4) is 0 Å². The van der Waals surface area contributed by atoms with Crippen LogP contribution in [-0.2, 0) is 16.6 Å². The van der Waals surface area contributed by atoms with Gasteiger partial charge in [-0.25, -0.2) is 4.79 Å². The second-order valence-corrected chi connectivity index (χ2v) is 7.04. The van der Waals surface area contributed by atoms with Gasteiger partial charge in [0.2, 0.25) is 0 Å². The van der Waals surface area contributed by atoms with Gasteiger partial charge in [0.05, 0.1) is 28.2 Å². The number of aromatic nitrogens is 3. The summed E-state index contributed by atoms with van der Waals surface area (Å²) in [5.41, 5.74) is 5.02. The Balaban J connectivity index is 1.82. The van der Waals surface area contributed by atoms with E-state index in [1.54, 1.807) is 24.7 Å². The Morgan fingerprint density at radius 1 is 1.14 bits per heavy atom.